The molecule has 0 atom stereocenters. The number of fused-ring (bicyclic) bond motifs is 1. The number of hydrogen-bond acceptors (Lipinski definition) is 4. The van der Waals surface area contributed by atoms with E-state index in [1.807, 2.05) is 9.95 Å². The first-order valence-electron chi connectivity index (χ1n) is 8.28. The van der Waals surface area contributed by atoms with Gasteiger partial charge in [-0.15, -0.1) is 10.2 Å². The van der Waals surface area contributed by atoms with E-state index in [9.17, 15) is 9.18 Å². The summed E-state index contributed by atoms with van der Waals surface area (Å²) in [5.74, 6) is 0.854. The molecule has 1 aromatic carbocycles. The Kier molecular flexibility index (Phi) is 4.31. The van der Waals surface area contributed by atoms with Crippen LogP contribution in [0.5, 0.6) is 0 Å². The molecule has 0 saturated carbocycles. The van der Waals surface area contributed by atoms with Crippen molar-refractivity contribution in [3.63, 3.8) is 0 Å². The van der Waals surface area contributed by atoms with Crippen molar-refractivity contribution in [3.8, 4) is 11.4 Å². The monoisotopic (exact) mass is 356 g/mol. The van der Waals surface area contributed by atoms with Crippen LogP contribution in [0.15, 0.2) is 35.0 Å². The highest BCUT2D eigenvalue weighted by Gasteiger charge is 2.19. The van der Waals surface area contributed by atoms with E-state index in [1.165, 1.54) is 17.4 Å². The third-order valence-electron chi connectivity index (χ3n) is 4.36. The van der Waals surface area contributed by atoms with Crippen LogP contribution in [0.3, 0.4) is 0 Å². The molecule has 128 valence electrons. The molecule has 2 aromatic heterocycles. The standard InChI is InChI=1S/C18H17FN4OS/c19-15-6-5-13(20-18(24)12-7-9-25-11-12)10-14(15)17-22-21-16-4-2-1-3-8-23(16)17/h5-7,9-11H,1-4,8H2,(H,20,24). The number of aromatic nitrogens is 3. The molecule has 1 aliphatic heterocycles. The van der Waals surface area contributed by atoms with E-state index in [4.69, 9.17) is 0 Å². The van der Waals surface area contributed by atoms with Gasteiger partial charge in [-0.05, 0) is 42.5 Å². The lowest BCUT2D eigenvalue weighted by Gasteiger charge is -2.10. The van der Waals surface area contributed by atoms with Crippen molar-refractivity contribution in [2.45, 2.75) is 32.2 Å². The third-order valence-corrected chi connectivity index (χ3v) is 5.04. The summed E-state index contributed by atoms with van der Waals surface area (Å²) in [6.45, 7) is 0.794. The van der Waals surface area contributed by atoms with Gasteiger partial charge >= 0.3 is 0 Å². The summed E-state index contributed by atoms with van der Waals surface area (Å²) < 4.78 is 16.4. The Morgan fingerprint density at radius 2 is 2.12 bits per heavy atom. The van der Waals surface area contributed by atoms with Gasteiger partial charge in [0.2, 0.25) is 0 Å². The number of nitrogens with zero attached hydrogens (tertiary/aromatic N) is 3. The number of carbonyl (C=O) groups excluding carboxylic acids is 1. The van der Waals surface area contributed by atoms with Crippen LogP contribution >= 0.6 is 11.3 Å². The van der Waals surface area contributed by atoms with Gasteiger partial charge in [-0.25, -0.2) is 4.39 Å². The van der Waals surface area contributed by atoms with E-state index in [-0.39, 0.29) is 11.7 Å². The van der Waals surface area contributed by atoms with Crippen LogP contribution in [0.25, 0.3) is 11.4 Å². The molecule has 0 radical (unpaired) electrons. The summed E-state index contributed by atoms with van der Waals surface area (Å²) >= 11 is 1.46. The predicted octanol–water partition coefficient (Wildman–Crippen LogP) is 4.12. The quantitative estimate of drug-likeness (QED) is 0.768. The summed E-state index contributed by atoms with van der Waals surface area (Å²) in [7, 11) is 0. The lowest BCUT2D eigenvalue weighted by atomic mass is 10.1. The molecule has 1 aliphatic rings. The van der Waals surface area contributed by atoms with Gasteiger partial charge in [0, 0.05) is 24.0 Å². The molecule has 0 aliphatic carbocycles. The summed E-state index contributed by atoms with van der Waals surface area (Å²) in [6.07, 6.45) is 4.12. The van der Waals surface area contributed by atoms with Crippen LogP contribution in [0.2, 0.25) is 0 Å². The number of amides is 1. The van der Waals surface area contributed by atoms with E-state index < -0.39 is 0 Å². The minimum Gasteiger partial charge on any atom is -0.322 e. The van der Waals surface area contributed by atoms with Gasteiger partial charge in [0.1, 0.15) is 11.6 Å². The number of carbonyl (C=O) groups is 1. The highest BCUT2D eigenvalue weighted by molar-refractivity contribution is 7.08. The molecule has 0 fully saturated rings. The van der Waals surface area contributed by atoms with Crippen LogP contribution < -0.4 is 5.32 Å². The van der Waals surface area contributed by atoms with Gasteiger partial charge in [0.05, 0.1) is 11.1 Å². The molecule has 1 N–H and O–H groups in total. The second-order valence-corrected chi connectivity index (χ2v) is 6.84. The molecule has 3 heterocycles. The van der Waals surface area contributed by atoms with E-state index in [2.05, 4.69) is 15.5 Å². The topological polar surface area (TPSA) is 59.8 Å². The second-order valence-electron chi connectivity index (χ2n) is 6.06. The van der Waals surface area contributed by atoms with Crippen LogP contribution in [-0.4, -0.2) is 20.7 Å². The van der Waals surface area contributed by atoms with E-state index >= 15 is 0 Å². The SMILES string of the molecule is O=C(Nc1ccc(F)c(-c2nnc3n2CCCCC3)c1)c1ccsc1. The first-order valence-corrected chi connectivity index (χ1v) is 9.22. The lowest BCUT2D eigenvalue weighted by molar-refractivity contribution is 0.102. The van der Waals surface area contributed by atoms with Gasteiger partial charge in [-0.2, -0.15) is 11.3 Å². The van der Waals surface area contributed by atoms with Gasteiger partial charge < -0.3 is 9.88 Å². The normalized spacial score (nSPS) is 14.0. The fraction of sp³-hybridized carbons (Fsp3) is 0.278. The minimum atomic E-state index is -0.368. The fourth-order valence-electron chi connectivity index (χ4n) is 3.06. The Morgan fingerprint density at radius 1 is 1.20 bits per heavy atom. The molecule has 3 aromatic rings. The molecule has 0 saturated heterocycles. The Balaban J connectivity index is 1.67. The van der Waals surface area contributed by atoms with Crippen LogP contribution in [-0.2, 0) is 13.0 Å². The molecular formula is C18H17FN4OS. The highest BCUT2D eigenvalue weighted by atomic mass is 32.1. The zero-order valence-electron chi connectivity index (χ0n) is 13.5. The largest absolute Gasteiger partial charge is 0.322 e. The molecule has 25 heavy (non-hydrogen) atoms. The van der Waals surface area contributed by atoms with Crippen molar-refractivity contribution >= 4 is 22.9 Å². The summed E-state index contributed by atoms with van der Waals surface area (Å²) in [5, 5.41) is 14.9. The van der Waals surface area contributed by atoms with Crippen molar-refractivity contribution in [2.24, 2.45) is 0 Å². The fourth-order valence-corrected chi connectivity index (χ4v) is 3.69. The number of benzene rings is 1. The molecular weight excluding hydrogens is 339 g/mol. The van der Waals surface area contributed by atoms with Crippen molar-refractivity contribution < 1.29 is 9.18 Å². The number of nitrogens with one attached hydrogen (secondary N) is 1. The second kappa shape index (κ2) is 6.76. The average Bonchev–Trinajstić information content (AvgIpc) is 3.22. The first kappa shape index (κ1) is 16.0. The van der Waals surface area contributed by atoms with Crippen molar-refractivity contribution in [1.82, 2.24) is 14.8 Å². The highest BCUT2D eigenvalue weighted by Crippen LogP contribution is 2.27. The Labute approximate surface area is 148 Å². The molecule has 1 amide bonds. The summed E-state index contributed by atoms with van der Waals surface area (Å²) in [5.41, 5.74) is 1.49. The van der Waals surface area contributed by atoms with Crippen LogP contribution in [0.1, 0.15) is 35.4 Å². The molecule has 0 unspecified atom stereocenters. The molecule has 0 bridgehead atoms. The van der Waals surface area contributed by atoms with E-state index in [0.29, 0.717) is 22.6 Å². The van der Waals surface area contributed by atoms with Gasteiger partial charge in [0.25, 0.3) is 5.91 Å². The number of anilines is 1. The third kappa shape index (κ3) is 3.19. The number of halogens is 1. The number of thiophene rings is 1. The first-order chi connectivity index (χ1) is 12.2. The van der Waals surface area contributed by atoms with Gasteiger partial charge in [0.15, 0.2) is 5.82 Å². The molecule has 5 nitrogen and oxygen atoms in total. The maximum Gasteiger partial charge on any atom is 0.256 e. The lowest BCUT2D eigenvalue weighted by Crippen LogP contribution is -2.11. The molecule has 4 rings (SSSR count). The zero-order valence-corrected chi connectivity index (χ0v) is 14.4. The maximum atomic E-state index is 14.4. The van der Waals surface area contributed by atoms with E-state index in [0.717, 1.165) is 38.1 Å². The number of hydrogen-bond donors (Lipinski definition) is 1. The summed E-state index contributed by atoms with van der Waals surface area (Å²) in [4.78, 5) is 12.2. The van der Waals surface area contributed by atoms with Crippen molar-refractivity contribution in [2.75, 3.05) is 5.32 Å². The van der Waals surface area contributed by atoms with Crippen molar-refractivity contribution in [1.29, 1.82) is 0 Å². The number of rotatable bonds is 3. The Hall–Kier alpha value is -2.54. The van der Waals surface area contributed by atoms with Crippen LogP contribution in [0.4, 0.5) is 10.1 Å². The Bertz CT molecular complexity index is 904. The smallest absolute Gasteiger partial charge is 0.256 e. The Morgan fingerprint density at radius 3 is 2.96 bits per heavy atom. The zero-order chi connectivity index (χ0) is 17.2. The molecule has 7 heteroatoms. The number of aryl methyl sites for hydroxylation is 1. The van der Waals surface area contributed by atoms with E-state index in [1.54, 1.807) is 23.6 Å². The molecule has 0 spiro atoms. The summed E-state index contributed by atoms with van der Waals surface area (Å²) in [6, 6.07) is 6.30. The predicted molar refractivity (Wildman–Crippen MR) is 95.2 cm³/mol. The van der Waals surface area contributed by atoms with Crippen molar-refractivity contribution in [3.05, 3.63) is 52.2 Å². The average molecular weight is 356 g/mol. The maximum absolute atomic E-state index is 14.4. The van der Waals surface area contributed by atoms with Gasteiger partial charge in [-0.1, -0.05) is 6.42 Å². The van der Waals surface area contributed by atoms with Gasteiger partial charge in [-0.3, -0.25) is 4.79 Å². The minimum absolute atomic E-state index is 0.209. The van der Waals surface area contributed by atoms with Crippen LogP contribution in [0, 0.1) is 5.82 Å².